The zero-order valence-corrected chi connectivity index (χ0v) is 19.2. The van der Waals surface area contributed by atoms with Crippen LogP contribution in [0.4, 0.5) is 5.69 Å². The van der Waals surface area contributed by atoms with Crippen molar-refractivity contribution in [3.05, 3.63) is 95.1 Å². The van der Waals surface area contributed by atoms with E-state index in [0.717, 1.165) is 22.3 Å². The third-order valence-corrected chi connectivity index (χ3v) is 7.90. The van der Waals surface area contributed by atoms with Gasteiger partial charge in [0.25, 0.3) is 0 Å². The number of sulfonamides is 1. The molecule has 1 heterocycles. The summed E-state index contributed by atoms with van der Waals surface area (Å²) >= 11 is 0. The van der Waals surface area contributed by atoms with Gasteiger partial charge >= 0.3 is 0 Å². The van der Waals surface area contributed by atoms with Gasteiger partial charge in [0.1, 0.15) is 0 Å². The highest BCUT2D eigenvalue weighted by molar-refractivity contribution is 7.89. The fraction of sp³-hybridized carbons (Fsp3) is 0.269. The standard InChI is InChI=1S/C26H28N2O3S/c1-3-25(21-7-5-4-6-8-21)26(29)27-23-12-11-20-15-16-28(18-22(20)17-23)32(30,31)24-13-9-19(2)10-14-24/h4-14,17,25H,3,15-16,18H2,1-2H3,(H,27,29). The zero-order valence-electron chi connectivity index (χ0n) is 18.4. The van der Waals surface area contributed by atoms with Crippen molar-refractivity contribution in [1.29, 1.82) is 0 Å². The number of anilines is 1. The van der Waals surface area contributed by atoms with Gasteiger partial charge in [-0.1, -0.05) is 61.0 Å². The van der Waals surface area contributed by atoms with Crippen molar-refractivity contribution in [2.24, 2.45) is 0 Å². The molecule has 1 aliphatic heterocycles. The number of fused-ring (bicyclic) bond motifs is 1. The van der Waals surface area contributed by atoms with Crippen LogP contribution in [0.2, 0.25) is 0 Å². The van der Waals surface area contributed by atoms with E-state index in [-0.39, 0.29) is 11.8 Å². The van der Waals surface area contributed by atoms with Crippen LogP contribution in [-0.2, 0) is 27.8 Å². The number of aryl methyl sites for hydroxylation is 1. The molecule has 0 fully saturated rings. The van der Waals surface area contributed by atoms with E-state index in [9.17, 15) is 13.2 Å². The van der Waals surface area contributed by atoms with Crippen molar-refractivity contribution in [3.8, 4) is 0 Å². The minimum absolute atomic E-state index is 0.0569. The molecular formula is C26H28N2O3S. The second kappa shape index (κ2) is 9.27. The van der Waals surface area contributed by atoms with Crippen molar-refractivity contribution >= 4 is 21.6 Å². The number of hydrogen-bond donors (Lipinski definition) is 1. The minimum Gasteiger partial charge on any atom is -0.326 e. The third kappa shape index (κ3) is 4.61. The zero-order chi connectivity index (χ0) is 22.7. The average molecular weight is 449 g/mol. The smallest absolute Gasteiger partial charge is 0.243 e. The predicted molar refractivity (Wildman–Crippen MR) is 127 cm³/mol. The summed E-state index contributed by atoms with van der Waals surface area (Å²) in [6.45, 7) is 4.67. The van der Waals surface area contributed by atoms with Crippen molar-refractivity contribution in [2.75, 3.05) is 11.9 Å². The number of carbonyl (C=O) groups is 1. The van der Waals surface area contributed by atoms with Crippen LogP contribution in [0.1, 0.15) is 41.5 Å². The molecule has 1 amide bonds. The molecule has 166 valence electrons. The topological polar surface area (TPSA) is 66.5 Å². The number of benzene rings is 3. The number of nitrogens with zero attached hydrogens (tertiary/aromatic N) is 1. The molecule has 0 saturated heterocycles. The normalized spacial score (nSPS) is 15.1. The van der Waals surface area contributed by atoms with E-state index in [1.165, 1.54) is 4.31 Å². The monoisotopic (exact) mass is 448 g/mol. The van der Waals surface area contributed by atoms with Crippen LogP contribution < -0.4 is 5.32 Å². The largest absolute Gasteiger partial charge is 0.326 e. The summed E-state index contributed by atoms with van der Waals surface area (Å²) in [6, 6.07) is 22.5. The molecular weight excluding hydrogens is 420 g/mol. The second-order valence-corrected chi connectivity index (χ2v) is 10.2. The summed E-state index contributed by atoms with van der Waals surface area (Å²) < 4.78 is 27.7. The summed E-state index contributed by atoms with van der Waals surface area (Å²) in [5.74, 6) is -0.288. The van der Waals surface area contributed by atoms with E-state index < -0.39 is 10.0 Å². The van der Waals surface area contributed by atoms with Gasteiger partial charge in [-0.25, -0.2) is 8.42 Å². The number of carbonyl (C=O) groups excluding carboxylic acids is 1. The number of amides is 1. The molecule has 3 aromatic rings. The summed E-state index contributed by atoms with van der Waals surface area (Å²) in [5, 5.41) is 3.03. The Bertz CT molecular complexity index is 1210. The molecule has 1 N–H and O–H groups in total. The quantitative estimate of drug-likeness (QED) is 0.585. The van der Waals surface area contributed by atoms with Crippen molar-refractivity contribution < 1.29 is 13.2 Å². The van der Waals surface area contributed by atoms with E-state index in [1.807, 2.05) is 74.5 Å². The van der Waals surface area contributed by atoms with Crippen molar-refractivity contribution in [3.63, 3.8) is 0 Å². The molecule has 1 unspecified atom stereocenters. The lowest BCUT2D eigenvalue weighted by Gasteiger charge is -2.28. The first-order valence-electron chi connectivity index (χ1n) is 10.9. The third-order valence-electron chi connectivity index (χ3n) is 6.04. The Morgan fingerprint density at radius 1 is 1.00 bits per heavy atom. The fourth-order valence-corrected chi connectivity index (χ4v) is 5.58. The molecule has 0 spiro atoms. The molecule has 0 aromatic heterocycles. The molecule has 5 nitrogen and oxygen atoms in total. The molecule has 4 rings (SSSR count). The van der Waals surface area contributed by atoms with E-state index in [4.69, 9.17) is 0 Å². The first kappa shape index (κ1) is 22.2. The molecule has 0 radical (unpaired) electrons. The lowest BCUT2D eigenvalue weighted by Crippen LogP contribution is -2.36. The lowest BCUT2D eigenvalue weighted by molar-refractivity contribution is -0.117. The molecule has 3 aromatic carbocycles. The molecule has 1 aliphatic rings. The molecule has 32 heavy (non-hydrogen) atoms. The van der Waals surface area contributed by atoms with Crippen LogP contribution in [0.15, 0.2) is 77.7 Å². The highest BCUT2D eigenvalue weighted by Gasteiger charge is 2.28. The highest BCUT2D eigenvalue weighted by atomic mass is 32.2. The van der Waals surface area contributed by atoms with Crippen molar-refractivity contribution in [2.45, 2.75) is 44.0 Å². The number of nitrogens with one attached hydrogen (secondary N) is 1. The number of rotatable bonds is 6. The van der Waals surface area contributed by atoms with Gasteiger partial charge in [-0.3, -0.25) is 4.79 Å². The maximum atomic E-state index is 13.1. The van der Waals surface area contributed by atoms with Crippen LogP contribution in [0.25, 0.3) is 0 Å². The highest BCUT2D eigenvalue weighted by Crippen LogP contribution is 2.28. The van der Waals surface area contributed by atoms with Gasteiger partial charge in [0.2, 0.25) is 15.9 Å². The Morgan fingerprint density at radius 3 is 2.41 bits per heavy atom. The summed E-state index contributed by atoms with van der Waals surface area (Å²) in [4.78, 5) is 13.2. The van der Waals surface area contributed by atoms with Crippen molar-refractivity contribution in [1.82, 2.24) is 4.31 Å². The Morgan fingerprint density at radius 2 is 1.72 bits per heavy atom. The molecule has 0 saturated carbocycles. The van der Waals surface area contributed by atoms with Crippen LogP contribution in [0.3, 0.4) is 0 Å². The summed E-state index contributed by atoms with van der Waals surface area (Å²) in [6.07, 6.45) is 1.35. The van der Waals surface area contributed by atoms with E-state index in [1.54, 1.807) is 12.1 Å². The van der Waals surface area contributed by atoms with Gasteiger partial charge in [0, 0.05) is 18.8 Å². The first-order chi connectivity index (χ1) is 15.4. The maximum absolute atomic E-state index is 13.1. The van der Waals surface area contributed by atoms with Gasteiger partial charge in [-0.15, -0.1) is 0 Å². The van der Waals surface area contributed by atoms with Crippen LogP contribution in [0.5, 0.6) is 0 Å². The Hall–Kier alpha value is -2.96. The Labute approximate surface area is 190 Å². The predicted octanol–water partition coefficient (Wildman–Crippen LogP) is 4.87. The maximum Gasteiger partial charge on any atom is 0.243 e. The SMILES string of the molecule is CCC(C(=O)Nc1ccc2c(c1)CN(S(=O)(=O)c1ccc(C)cc1)CC2)c1ccccc1. The second-order valence-electron chi connectivity index (χ2n) is 8.25. The fourth-order valence-electron chi connectivity index (χ4n) is 4.16. The van der Waals surface area contributed by atoms with Gasteiger partial charge in [-0.05, 0) is 60.7 Å². The van der Waals surface area contributed by atoms with Crippen LogP contribution in [0, 0.1) is 6.92 Å². The van der Waals surface area contributed by atoms with Crippen LogP contribution >= 0.6 is 0 Å². The molecule has 0 aliphatic carbocycles. The van der Waals surface area contributed by atoms with E-state index >= 15 is 0 Å². The van der Waals surface area contributed by atoms with Gasteiger partial charge in [-0.2, -0.15) is 4.31 Å². The molecule has 1 atom stereocenters. The van der Waals surface area contributed by atoms with E-state index in [0.29, 0.717) is 36.5 Å². The summed E-state index contributed by atoms with van der Waals surface area (Å²) in [5.41, 5.74) is 4.75. The lowest BCUT2D eigenvalue weighted by atomic mass is 9.95. The Balaban J connectivity index is 1.52. The minimum atomic E-state index is -3.56. The van der Waals surface area contributed by atoms with Crippen LogP contribution in [-0.4, -0.2) is 25.2 Å². The first-order valence-corrected chi connectivity index (χ1v) is 12.4. The molecule has 6 heteroatoms. The number of hydrogen-bond acceptors (Lipinski definition) is 3. The van der Waals surface area contributed by atoms with Gasteiger partial charge in [0.05, 0.1) is 10.8 Å². The van der Waals surface area contributed by atoms with Gasteiger partial charge in [0.15, 0.2) is 0 Å². The molecule has 0 bridgehead atoms. The Kier molecular flexibility index (Phi) is 6.44. The summed E-state index contributed by atoms with van der Waals surface area (Å²) in [7, 11) is -3.56. The average Bonchev–Trinajstić information content (AvgIpc) is 2.80. The van der Waals surface area contributed by atoms with Gasteiger partial charge < -0.3 is 5.32 Å². The van der Waals surface area contributed by atoms with E-state index in [2.05, 4.69) is 5.32 Å².